The lowest BCUT2D eigenvalue weighted by Gasteiger charge is -2.19. The van der Waals surface area contributed by atoms with Crippen LogP contribution >= 0.6 is 0 Å². The molecule has 0 amide bonds. The first kappa shape index (κ1) is 11.1. The van der Waals surface area contributed by atoms with Gasteiger partial charge in [-0.25, -0.2) is 4.79 Å². The van der Waals surface area contributed by atoms with E-state index in [4.69, 9.17) is 10.5 Å². The summed E-state index contributed by atoms with van der Waals surface area (Å²) in [5.74, 6) is -1.55. The van der Waals surface area contributed by atoms with E-state index >= 15 is 0 Å². The van der Waals surface area contributed by atoms with Gasteiger partial charge in [-0.2, -0.15) is 0 Å². The predicted octanol–water partition coefficient (Wildman–Crippen LogP) is 0.244. The number of rotatable bonds is 2. The summed E-state index contributed by atoms with van der Waals surface area (Å²) in [6.07, 6.45) is 0. The molecule has 0 heterocycles. The van der Waals surface area contributed by atoms with Gasteiger partial charge in [0.15, 0.2) is 0 Å². The smallest absolute Gasteiger partial charge is 0.376 e. The highest BCUT2D eigenvalue weighted by atomic mass is 16.6. The van der Waals surface area contributed by atoms with Crippen LogP contribution in [0.5, 0.6) is 0 Å². The van der Waals surface area contributed by atoms with Crippen LogP contribution in [-0.2, 0) is 14.3 Å². The summed E-state index contributed by atoms with van der Waals surface area (Å²) in [5.41, 5.74) is 4.57. The minimum absolute atomic E-state index is 0.637. The maximum absolute atomic E-state index is 10.9. The molecule has 0 aliphatic heterocycles. The largest absolute Gasteiger partial charge is 0.454 e. The molecular formula is C8H15NO3. The van der Waals surface area contributed by atoms with Crippen LogP contribution in [0.15, 0.2) is 0 Å². The van der Waals surface area contributed by atoms with Crippen molar-refractivity contribution in [3.63, 3.8) is 0 Å². The summed E-state index contributed by atoms with van der Waals surface area (Å²) >= 11 is 0. The lowest BCUT2D eigenvalue weighted by Crippen LogP contribution is -2.38. The van der Waals surface area contributed by atoms with Gasteiger partial charge in [-0.15, -0.1) is 0 Å². The minimum Gasteiger partial charge on any atom is -0.454 e. The van der Waals surface area contributed by atoms with Gasteiger partial charge in [0, 0.05) is 0 Å². The van der Waals surface area contributed by atoms with Gasteiger partial charge in [-0.1, -0.05) is 0 Å². The van der Waals surface area contributed by atoms with E-state index in [1.54, 1.807) is 20.8 Å². The lowest BCUT2D eigenvalue weighted by molar-refractivity contribution is -0.162. The molecule has 70 valence electrons. The Morgan fingerprint density at radius 1 is 1.33 bits per heavy atom. The van der Waals surface area contributed by atoms with Crippen molar-refractivity contribution < 1.29 is 14.3 Å². The summed E-state index contributed by atoms with van der Waals surface area (Å²) in [6, 6.07) is -0.792. The van der Waals surface area contributed by atoms with Crippen molar-refractivity contribution in [2.45, 2.75) is 39.3 Å². The second kappa shape index (κ2) is 3.67. The molecule has 0 aromatic rings. The number of ketones is 1. The number of carbonyl (C=O) groups excluding carboxylic acids is 2. The van der Waals surface area contributed by atoms with Gasteiger partial charge in [-0.05, 0) is 27.7 Å². The van der Waals surface area contributed by atoms with Gasteiger partial charge >= 0.3 is 5.97 Å². The van der Waals surface area contributed by atoms with Crippen LogP contribution in [0.2, 0.25) is 0 Å². The first-order chi connectivity index (χ1) is 5.24. The fraction of sp³-hybridized carbons (Fsp3) is 0.750. The van der Waals surface area contributed by atoms with E-state index in [0.717, 1.165) is 0 Å². The molecule has 4 nitrogen and oxygen atoms in total. The molecule has 12 heavy (non-hydrogen) atoms. The van der Waals surface area contributed by atoms with Gasteiger partial charge in [0.1, 0.15) is 5.60 Å². The van der Waals surface area contributed by atoms with Gasteiger partial charge in [0.25, 0.3) is 5.78 Å². The molecule has 0 fully saturated rings. The Labute approximate surface area is 72.1 Å². The Bertz CT molecular complexity index is 191. The number of ether oxygens (including phenoxy) is 1. The van der Waals surface area contributed by atoms with E-state index in [1.807, 2.05) is 0 Å². The van der Waals surface area contributed by atoms with Gasteiger partial charge in [0.05, 0.1) is 6.04 Å². The van der Waals surface area contributed by atoms with Crippen molar-refractivity contribution in [3.8, 4) is 0 Å². The summed E-state index contributed by atoms with van der Waals surface area (Å²) in [5, 5.41) is 0. The summed E-state index contributed by atoms with van der Waals surface area (Å²) in [4.78, 5) is 21.9. The Hall–Kier alpha value is -0.900. The molecule has 1 atom stereocenters. The highest BCUT2D eigenvalue weighted by molar-refractivity contribution is 6.35. The molecule has 0 aliphatic rings. The first-order valence-corrected chi connectivity index (χ1v) is 3.77. The van der Waals surface area contributed by atoms with E-state index in [2.05, 4.69) is 0 Å². The summed E-state index contributed by atoms with van der Waals surface area (Å²) < 4.78 is 4.79. The molecule has 0 aromatic carbocycles. The molecule has 4 heteroatoms. The second-order valence-corrected chi connectivity index (χ2v) is 3.65. The van der Waals surface area contributed by atoms with E-state index < -0.39 is 23.4 Å². The van der Waals surface area contributed by atoms with Crippen molar-refractivity contribution in [3.05, 3.63) is 0 Å². The minimum atomic E-state index is -0.863. The molecule has 0 aliphatic carbocycles. The molecule has 0 bridgehead atoms. The summed E-state index contributed by atoms with van der Waals surface area (Å²) in [7, 11) is 0. The highest BCUT2D eigenvalue weighted by Gasteiger charge is 2.24. The van der Waals surface area contributed by atoms with Crippen LogP contribution in [0.3, 0.4) is 0 Å². The lowest BCUT2D eigenvalue weighted by atomic mass is 10.2. The van der Waals surface area contributed by atoms with Crippen molar-refractivity contribution in [2.75, 3.05) is 0 Å². The van der Waals surface area contributed by atoms with Crippen LogP contribution in [0, 0.1) is 0 Å². The van der Waals surface area contributed by atoms with Crippen molar-refractivity contribution in [1.82, 2.24) is 0 Å². The number of carbonyl (C=O) groups is 2. The number of nitrogens with two attached hydrogens (primary N) is 1. The van der Waals surface area contributed by atoms with Crippen LogP contribution in [0.25, 0.3) is 0 Å². The average molecular weight is 173 g/mol. The van der Waals surface area contributed by atoms with Gasteiger partial charge in [0.2, 0.25) is 0 Å². The van der Waals surface area contributed by atoms with Crippen LogP contribution in [0.1, 0.15) is 27.7 Å². The van der Waals surface area contributed by atoms with Crippen LogP contribution in [0.4, 0.5) is 0 Å². The average Bonchev–Trinajstić information content (AvgIpc) is 1.82. The monoisotopic (exact) mass is 173 g/mol. The van der Waals surface area contributed by atoms with Crippen molar-refractivity contribution >= 4 is 11.8 Å². The zero-order valence-electron chi connectivity index (χ0n) is 7.88. The van der Waals surface area contributed by atoms with Crippen molar-refractivity contribution in [1.29, 1.82) is 0 Å². The van der Waals surface area contributed by atoms with E-state index in [0.29, 0.717) is 0 Å². The molecule has 0 aromatic heterocycles. The summed E-state index contributed by atoms with van der Waals surface area (Å²) in [6.45, 7) is 6.53. The van der Waals surface area contributed by atoms with Gasteiger partial charge < -0.3 is 10.5 Å². The third-order valence-corrected chi connectivity index (χ3v) is 1.01. The zero-order chi connectivity index (χ0) is 9.94. The Kier molecular flexibility index (Phi) is 3.39. The van der Waals surface area contributed by atoms with E-state index in [9.17, 15) is 9.59 Å². The number of hydrogen-bond donors (Lipinski definition) is 1. The SMILES string of the molecule is C[C@H](N)C(=O)C(=O)OC(C)(C)C. The molecule has 0 spiro atoms. The standard InChI is InChI=1S/C8H15NO3/c1-5(9)6(10)7(11)12-8(2,3)4/h5H,9H2,1-4H3/t5-/m0/s1. The number of esters is 1. The number of hydrogen-bond acceptors (Lipinski definition) is 4. The zero-order valence-corrected chi connectivity index (χ0v) is 7.88. The molecule has 0 saturated carbocycles. The highest BCUT2D eigenvalue weighted by Crippen LogP contribution is 2.07. The maximum Gasteiger partial charge on any atom is 0.376 e. The normalized spacial score (nSPS) is 13.8. The molecule has 0 rings (SSSR count). The maximum atomic E-state index is 10.9. The topological polar surface area (TPSA) is 69.4 Å². The van der Waals surface area contributed by atoms with Crippen LogP contribution in [-0.4, -0.2) is 23.4 Å². The molecule has 0 unspecified atom stereocenters. The third-order valence-electron chi connectivity index (χ3n) is 1.01. The first-order valence-electron chi connectivity index (χ1n) is 3.77. The van der Waals surface area contributed by atoms with Crippen LogP contribution < -0.4 is 5.73 Å². The third kappa shape index (κ3) is 4.08. The fourth-order valence-corrected chi connectivity index (χ4v) is 0.514. The Balaban J connectivity index is 4.15. The molecule has 0 saturated heterocycles. The quantitative estimate of drug-likeness (QED) is 0.480. The van der Waals surface area contributed by atoms with Gasteiger partial charge in [-0.3, -0.25) is 4.79 Å². The van der Waals surface area contributed by atoms with E-state index in [-0.39, 0.29) is 0 Å². The Morgan fingerprint density at radius 3 is 2.00 bits per heavy atom. The molecular weight excluding hydrogens is 158 g/mol. The number of Topliss-reactive ketones (excluding diaryl/α,β-unsaturated/α-hetero) is 1. The second-order valence-electron chi connectivity index (χ2n) is 3.65. The predicted molar refractivity (Wildman–Crippen MR) is 44.5 cm³/mol. The molecule has 0 radical (unpaired) electrons. The van der Waals surface area contributed by atoms with E-state index in [1.165, 1.54) is 6.92 Å². The fourth-order valence-electron chi connectivity index (χ4n) is 0.514. The van der Waals surface area contributed by atoms with Crippen molar-refractivity contribution in [2.24, 2.45) is 5.73 Å². The molecule has 2 N–H and O–H groups in total. The Morgan fingerprint density at radius 2 is 1.75 bits per heavy atom.